The number of carboxylic acid groups (broad SMARTS) is 1. The first-order valence-corrected chi connectivity index (χ1v) is 7.58. The lowest BCUT2D eigenvalue weighted by atomic mass is 10.0. The minimum absolute atomic E-state index is 0.0163. The van der Waals surface area contributed by atoms with Crippen LogP contribution in [0.4, 0.5) is 23.4 Å². The topological polar surface area (TPSA) is 62.2 Å². The number of carboxylic acids is 1. The fourth-order valence-electron chi connectivity index (χ4n) is 2.53. The van der Waals surface area contributed by atoms with Crippen LogP contribution in [0.1, 0.15) is 23.2 Å². The largest absolute Gasteiger partial charge is 0.478 e. The van der Waals surface area contributed by atoms with Gasteiger partial charge in [0.25, 0.3) is 0 Å². The molecule has 0 saturated carbocycles. The van der Waals surface area contributed by atoms with Crippen molar-refractivity contribution in [2.45, 2.75) is 12.8 Å². The molecule has 2 N–H and O–H groups in total. The summed E-state index contributed by atoms with van der Waals surface area (Å²) in [5.74, 6) is -4.80. The highest BCUT2D eigenvalue weighted by Crippen LogP contribution is 2.30. The third-order valence-electron chi connectivity index (χ3n) is 3.76. The summed E-state index contributed by atoms with van der Waals surface area (Å²) in [6.45, 7) is 0. The number of allylic oxidation sites excluding steroid dienone is 3. The molecule has 0 aliphatic heterocycles. The molecule has 0 amide bonds. The third-order valence-corrected chi connectivity index (χ3v) is 3.76. The lowest BCUT2D eigenvalue weighted by Crippen LogP contribution is -2.10. The Kier molecular flexibility index (Phi) is 4.75. The Labute approximate surface area is 145 Å². The summed E-state index contributed by atoms with van der Waals surface area (Å²) in [7, 11) is 0. The number of anilines is 1. The van der Waals surface area contributed by atoms with Crippen molar-refractivity contribution in [3.63, 3.8) is 0 Å². The van der Waals surface area contributed by atoms with Crippen molar-refractivity contribution in [1.29, 1.82) is 0 Å². The van der Waals surface area contributed by atoms with E-state index in [1.807, 2.05) is 0 Å². The number of hydrogen-bond acceptors (Lipinski definition) is 3. The molecule has 0 atom stereocenters. The molecule has 4 nitrogen and oxygen atoms in total. The summed E-state index contributed by atoms with van der Waals surface area (Å²) >= 11 is 0. The second-order valence-corrected chi connectivity index (χ2v) is 5.52. The minimum Gasteiger partial charge on any atom is -0.478 e. The third kappa shape index (κ3) is 3.44. The molecule has 1 aromatic carbocycles. The van der Waals surface area contributed by atoms with Crippen molar-refractivity contribution >= 4 is 11.8 Å². The summed E-state index contributed by atoms with van der Waals surface area (Å²) in [4.78, 5) is 15.4. The van der Waals surface area contributed by atoms with Crippen LogP contribution in [0.2, 0.25) is 0 Å². The van der Waals surface area contributed by atoms with E-state index in [1.54, 1.807) is 0 Å². The summed E-state index contributed by atoms with van der Waals surface area (Å²) in [5, 5.41) is 11.7. The number of aromatic carboxylic acids is 1. The van der Waals surface area contributed by atoms with Gasteiger partial charge in [-0.1, -0.05) is 0 Å². The molecular weight excluding hydrogens is 352 g/mol. The Morgan fingerprint density at radius 1 is 1.12 bits per heavy atom. The Bertz CT molecular complexity index is 954. The molecule has 2 aromatic rings. The van der Waals surface area contributed by atoms with Crippen molar-refractivity contribution in [2.75, 3.05) is 5.32 Å². The number of aromatic nitrogens is 1. The Morgan fingerprint density at radius 3 is 2.54 bits per heavy atom. The van der Waals surface area contributed by atoms with Crippen molar-refractivity contribution in [1.82, 2.24) is 4.98 Å². The molecule has 1 aliphatic rings. The lowest BCUT2D eigenvalue weighted by molar-refractivity contribution is 0.0697. The van der Waals surface area contributed by atoms with Crippen molar-refractivity contribution in [3.8, 4) is 11.3 Å². The molecule has 0 saturated heterocycles. The van der Waals surface area contributed by atoms with Gasteiger partial charge in [-0.3, -0.25) is 0 Å². The molecule has 0 radical (unpaired) electrons. The molecule has 134 valence electrons. The van der Waals surface area contributed by atoms with Gasteiger partial charge in [-0.15, -0.1) is 0 Å². The zero-order valence-corrected chi connectivity index (χ0v) is 13.2. The number of nitrogens with one attached hydrogen (secondary N) is 1. The van der Waals surface area contributed by atoms with Gasteiger partial charge in [-0.2, -0.15) is 0 Å². The first-order valence-electron chi connectivity index (χ1n) is 7.58. The summed E-state index contributed by atoms with van der Waals surface area (Å²) in [5.41, 5.74) is -1.28. The van der Waals surface area contributed by atoms with E-state index >= 15 is 0 Å². The maximum absolute atomic E-state index is 14.1. The highest BCUT2D eigenvalue weighted by Gasteiger charge is 2.20. The molecule has 0 fully saturated rings. The van der Waals surface area contributed by atoms with Gasteiger partial charge in [0.2, 0.25) is 0 Å². The maximum atomic E-state index is 14.1. The SMILES string of the molecule is O=C(O)c1ccc(NC2=C(F)CCC=C2F)nc1-c1ccc(F)cc1F. The van der Waals surface area contributed by atoms with E-state index in [2.05, 4.69) is 10.3 Å². The second-order valence-electron chi connectivity index (χ2n) is 5.52. The zero-order valence-electron chi connectivity index (χ0n) is 13.2. The van der Waals surface area contributed by atoms with Crippen LogP contribution in [0.3, 0.4) is 0 Å². The smallest absolute Gasteiger partial charge is 0.337 e. The molecule has 3 rings (SSSR count). The van der Waals surface area contributed by atoms with Crippen LogP contribution < -0.4 is 5.32 Å². The molecular formula is C18H12F4N2O2. The van der Waals surface area contributed by atoms with Crippen molar-refractivity contribution in [3.05, 3.63) is 71.0 Å². The van der Waals surface area contributed by atoms with E-state index in [-0.39, 0.29) is 35.5 Å². The molecule has 0 unspecified atom stereocenters. The summed E-state index contributed by atoms with van der Waals surface area (Å²) < 4.78 is 54.8. The van der Waals surface area contributed by atoms with E-state index in [1.165, 1.54) is 12.1 Å². The average Bonchev–Trinajstić information content (AvgIpc) is 2.58. The maximum Gasteiger partial charge on any atom is 0.337 e. The van der Waals surface area contributed by atoms with Crippen LogP contribution in [0.15, 0.2) is 53.8 Å². The van der Waals surface area contributed by atoms with Gasteiger partial charge in [0, 0.05) is 18.1 Å². The van der Waals surface area contributed by atoms with Gasteiger partial charge >= 0.3 is 5.97 Å². The van der Waals surface area contributed by atoms with E-state index in [0.29, 0.717) is 6.07 Å². The van der Waals surface area contributed by atoms with Crippen LogP contribution in [0, 0.1) is 11.6 Å². The van der Waals surface area contributed by atoms with E-state index < -0.39 is 35.0 Å². The Hall–Kier alpha value is -3.16. The predicted molar refractivity (Wildman–Crippen MR) is 86.7 cm³/mol. The normalized spacial score (nSPS) is 14.2. The first kappa shape index (κ1) is 17.7. The van der Waals surface area contributed by atoms with E-state index in [9.17, 15) is 27.5 Å². The molecule has 0 bridgehead atoms. The fourth-order valence-corrected chi connectivity index (χ4v) is 2.53. The van der Waals surface area contributed by atoms with Crippen molar-refractivity contribution in [2.24, 2.45) is 0 Å². The average molecular weight is 364 g/mol. The number of pyridine rings is 1. The Morgan fingerprint density at radius 2 is 1.88 bits per heavy atom. The van der Waals surface area contributed by atoms with Crippen LogP contribution in [0.25, 0.3) is 11.3 Å². The number of benzene rings is 1. The molecule has 0 spiro atoms. The van der Waals surface area contributed by atoms with Gasteiger partial charge in [-0.25, -0.2) is 27.3 Å². The van der Waals surface area contributed by atoms with Gasteiger partial charge < -0.3 is 10.4 Å². The number of halogens is 4. The van der Waals surface area contributed by atoms with Gasteiger partial charge in [-0.05, 0) is 36.8 Å². The molecule has 1 aliphatic carbocycles. The zero-order chi connectivity index (χ0) is 18.8. The highest BCUT2D eigenvalue weighted by atomic mass is 19.1. The number of hydrogen-bond donors (Lipinski definition) is 2. The monoisotopic (exact) mass is 364 g/mol. The lowest BCUT2D eigenvalue weighted by Gasteiger charge is -2.15. The standard InChI is InChI=1S/C18H12F4N2O2/c19-9-4-5-10(14(22)8-9)16-11(18(25)26)6-7-15(23-16)24-17-12(20)2-1-3-13(17)21/h2,4-8H,1,3H2,(H,23,24)(H,25,26). The fraction of sp³-hybridized carbons (Fsp3) is 0.111. The van der Waals surface area contributed by atoms with E-state index in [0.717, 1.165) is 18.2 Å². The van der Waals surface area contributed by atoms with Gasteiger partial charge in [0.05, 0.1) is 11.3 Å². The quantitative estimate of drug-likeness (QED) is 0.753. The van der Waals surface area contributed by atoms with Crippen LogP contribution in [0.5, 0.6) is 0 Å². The second kappa shape index (κ2) is 6.99. The summed E-state index contributed by atoms with van der Waals surface area (Å²) in [6, 6.07) is 4.92. The predicted octanol–water partition coefficient (Wildman–Crippen LogP) is 4.97. The Balaban J connectivity index is 2.08. The number of nitrogens with zero attached hydrogens (tertiary/aromatic N) is 1. The number of rotatable bonds is 4. The van der Waals surface area contributed by atoms with Crippen LogP contribution in [-0.2, 0) is 0 Å². The molecule has 26 heavy (non-hydrogen) atoms. The van der Waals surface area contributed by atoms with Crippen molar-refractivity contribution < 1.29 is 27.5 Å². The first-order chi connectivity index (χ1) is 12.4. The van der Waals surface area contributed by atoms with Crippen LogP contribution in [-0.4, -0.2) is 16.1 Å². The highest BCUT2D eigenvalue weighted by molar-refractivity contribution is 5.95. The molecule has 8 heteroatoms. The summed E-state index contributed by atoms with van der Waals surface area (Å²) in [6.07, 6.45) is 1.44. The molecule has 1 heterocycles. The van der Waals surface area contributed by atoms with Gasteiger partial charge in [0.15, 0.2) is 0 Å². The van der Waals surface area contributed by atoms with E-state index in [4.69, 9.17) is 0 Å². The number of carbonyl (C=O) groups is 1. The minimum atomic E-state index is -1.38. The van der Waals surface area contributed by atoms with Gasteiger partial charge in [0.1, 0.15) is 34.8 Å². The molecule has 1 aromatic heterocycles. The van der Waals surface area contributed by atoms with Crippen LogP contribution >= 0.6 is 0 Å².